The van der Waals surface area contributed by atoms with Gasteiger partial charge in [-0.1, -0.05) is 63.3 Å². The van der Waals surface area contributed by atoms with E-state index in [1.165, 1.54) is 44.9 Å². The van der Waals surface area contributed by atoms with Gasteiger partial charge in [0.05, 0.1) is 12.2 Å². The van der Waals surface area contributed by atoms with Crippen molar-refractivity contribution in [2.75, 3.05) is 13.6 Å². The van der Waals surface area contributed by atoms with Crippen molar-refractivity contribution < 1.29 is 10.2 Å². The predicted octanol–water partition coefficient (Wildman–Crippen LogP) is 4.84. The van der Waals surface area contributed by atoms with E-state index in [2.05, 4.69) is 31.3 Å². The number of fused-ring (bicyclic) bond motifs is 1. The highest BCUT2D eigenvalue weighted by Crippen LogP contribution is 2.48. The number of hydrogen-bond acceptors (Lipinski definition) is 3. The summed E-state index contributed by atoms with van der Waals surface area (Å²) < 4.78 is 0. The first-order valence-electron chi connectivity index (χ1n) is 11.4. The van der Waals surface area contributed by atoms with E-state index in [1.807, 2.05) is 13.1 Å². The Labute approximate surface area is 167 Å². The first-order chi connectivity index (χ1) is 13.0. The largest absolute Gasteiger partial charge is 0.392 e. The molecule has 0 bridgehead atoms. The maximum Gasteiger partial charge on any atom is 0.0723 e. The summed E-state index contributed by atoms with van der Waals surface area (Å²) in [5.41, 5.74) is 1.61. The summed E-state index contributed by atoms with van der Waals surface area (Å²) in [7, 11) is 2.02. The molecular formula is C24H43NO2. The lowest BCUT2D eigenvalue weighted by Gasteiger charge is -2.19. The summed E-state index contributed by atoms with van der Waals surface area (Å²) in [5, 5.41) is 24.1. The molecule has 0 aromatic carbocycles. The number of aliphatic hydroxyl groups is 2. The molecule has 0 radical (unpaired) electrons. The molecule has 1 saturated carbocycles. The third-order valence-electron chi connectivity index (χ3n) is 6.62. The zero-order valence-corrected chi connectivity index (χ0v) is 17.9. The zero-order valence-electron chi connectivity index (χ0n) is 17.9. The average Bonchev–Trinajstić information content (AvgIpc) is 3.14. The molecule has 3 N–H and O–H groups in total. The van der Waals surface area contributed by atoms with Crippen molar-refractivity contribution in [3.05, 3.63) is 23.8 Å². The predicted molar refractivity (Wildman–Crippen MR) is 115 cm³/mol. The van der Waals surface area contributed by atoms with Crippen molar-refractivity contribution in [1.29, 1.82) is 0 Å². The molecule has 0 spiro atoms. The van der Waals surface area contributed by atoms with E-state index in [0.717, 1.165) is 25.8 Å². The molecule has 0 saturated heterocycles. The lowest BCUT2D eigenvalue weighted by molar-refractivity contribution is 0.139. The van der Waals surface area contributed by atoms with Crippen LogP contribution in [0.25, 0.3) is 0 Å². The standard InChI is InChI=1S/C24H43NO2/c1-4-5-9-18(2)14-21(26)11-12-22-23-16-19(10-7-6-8-13-25-3)15-20(23)17-24(22)27/h11-12,15,18,20-27H,4-10,13-14,16-17H2,1-3H3/t18-,20-,21+,22+,23-,24+/m0/s1. The minimum Gasteiger partial charge on any atom is -0.392 e. The minimum absolute atomic E-state index is 0.216. The molecule has 2 aliphatic carbocycles. The van der Waals surface area contributed by atoms with Gasteiger partial charge in [0.2, 0.25) is 0 Å². The van der Waals surface area contributed by atoms with Crippen molar-refractivity contribution in [1.82, 2.24) is 5.32 Å². The van der Waals surface area contributed by atoms with E-state index >= 15 is 0 Å². The van der Waals surface area contributed by atoms with Gasteiger partial charge in [0.1, 0.15) is 0 Å². The Bertz CT molecular complexity index is 473. The van der Waals surface area contributed by atoms with Gasteiger partial charge in [0, 0.05) is 5.92 Å². The van der Waals surface area contributed by atoms with Gasteiger partial charge < -0.3 is 15.5 Å². The molecule has 156 valence electrons. The maximum atomic E-state index is 10.5. The molecule has 0 unspecified atom stereocenters. The van der Waals surface area contributed by atoms with Gasteiger partial charge >= 0.3 is 0 Å². The van der Waals surface area contributed by atoms with Crippen LogP contribution < -0.4 is 5.32 Å². The highest BCUT2D eigenvalue weighted by atomic mass is 16.3. The molecule has 0 aromatic heterocycles. The Morgan fingerprint density at radius 2 is 2.07 bits per heavy atom. The molecular weight excluding hydrogens is 334 g/mol. The van der Waals surface area contributed by atoms with Crippen molar-refractivity contribution in [3.8, 4) is 0 Å². The number of unbranched alkanes of at least 4 members (excludes halogenated alkanes) is 3. The fraction of sp³-hybridized carbons (Fsp3) is 0.833. The SMILES string of the molecule is CCCC[C@H](C)C[C@H](O)C=C[C@@H]1[C@H]2CC(CCCCCNC)=C[C@H]2C[C@H]1O. The van der Waals surface area contributed by atoms with Gasteiger partial charge in [-0.2, -0.15) is 0 Å². The summed E-state index contributed by atoms with van der Waals surface area (Å²) in [6.07, 6.45) is 17.5. The van der Waals surface area contributed by atoms with E-state index in [0.29, 0.717) is 17.8 Å². The van der Waals surface area contributed by atoms with Crippen LogP contribution in [0.1, 0.15) is 78.1 Å². The Morgan fingerprint density at radius 3 is 2.81 bits per heavy atom. The van der Waals surface area contributed by atoms with Crippen LogP contribution in [-0.4, -0.2) is 36.0 Å². The minimum atomic E-state index is -0.371. The molecule has 0 aromatic rings. The Kier molecular flexibility index (Phi) is 10.1. The number of allylic oxidation sites excluding steroid dienone is 2. The van der Waals surface area contributed by atoms with Crippen molar-refractivity contribution >= 4 is 0 Å². The summed E-state index contributed by atoms with van der Waals surface area (Å²) in [6, 6.07) is 0. The van der Waals surface area contributed by atoms with E-state index in [-0.39, 0.29) is 18.1 Å². The fourth-order valence-corrected chi connectivity index (χ4v) is 5.04. The van der Waals surface area contributed by atoms with Gasteiger partial charge in [0.15, 0.2) is 0 Å². The average molecular weight is 378 g/mol. The van der Waals surface area contributed by atoms with Gasteiger partial charge in [-0.25, -0.2) is 0 Å². The molecule has 2 rings (SSSR count). The monoisotopic (exact) mass is 377 g/mol. The van der Waals surface area contributed by atoms with Crippen LogP contribution in [0.5, 0.6) is 0 Å². The zero-order chi connectivity index (χ0) is 19.6. The molecule has 3 nitrogen and oxygen atoms in total. The fourth-order valence-electron chi connectivity index (χ4n) is 5.04. The smallest absolute Gasteiger partial charge is 0.0723 e. The van der Waals surface area contributed by atoms with Crippen LogP contribution in [-0.2, 0) is 0 Å². The number of hydrogen-bond donors (Lipinski definition) is 3. The van der Waals surface area contributed by atoms with Gasteiger partial charge in [-0.05, 0) is 69.9 Å². The third kappa shape index (κ3) is 7.36. The first kappa shape index (κ1) is 22.6. The third-order valence-corrected chi connectivity index (χ3v) is 6.62. The Morgan fingerprint density at radius 1 is 1.26 bits per heavy atom. The Hall–Kier alpha value is -0.640. The first-order valence-corrected chi connectivity index (χ1v) is 11.4. The summed E-state index contributed by atoms with van der Waals surface area (Å²) >= 11 is 0. The van der Waals surface area contributed by atoms with Crippen LogP contribution in [0.2, 0.25) is 0 Å². The number of rotatable bonds is 13. The highest BCUT2D eigenvalue weighted by molar-refractivity contribution is 5.21. The molecule has 1 fully saturated rings. The second-order valence-electron chi connectivity index (χ2n) is 9.09. The second kappa shape index (κ2) is 12.0. The van der Waals surface area contributed by atoms with Crippen molar-refractivity contribution in [2.24, 2.45) is 23.7 Å². The van der Waals surface area contributed by atoms with Crippen LogP contribution in [0.4, 0.5) is 0 Å². The lowest BCUT2D eigenvalue weighted by atomic mass is 9.88. The van der Waals surface area contributed by atoms with Crippen LogP contribution in [0.15, 0.2) is 23.8 Å². The van der Waals surface area contributed by atoms with E-state index in [9.17, 15) is 10.2 Å². The molecule has 0 amide bonds. The van der Waals surface area contributed by atoms with E-state index in [1.54, 1.807) is 5.57 Å². The van der Waals surface area contributed by atoms with Gasteiger partial charge in [-0.3, -0.25) is 0 Å². The van der Waals surface area contributed by atoms with E-state index in [4.69, 9.17) is 0 Å². The Balaban J connectivity index is 1.77. The molecule has 3 heteroatoms. The summed E-state index contributed by atoms with van der Waals surface area (Å²) in [5.74, 6) is 1.87. The van der Waals surface area contributed by atoms with Crippen molar-refractivity contribution in [2.45, 2.75) is 90.3 Å². The second-order valence-corrected chi connectivity index (χ2v) is 9.09. The highest BCUT2D eigenvalue weighted by Gasteiger charge is 2.43. The maximum absolute atomic E-state index is 10.5. The topological polar surface area (TPSA) is 52.5 Å². The molecule has 0 aliphatic heterocycles. The van der Waals surface area contributed by atoms with Crippen LogP contribution in [0.3, 0.4) is 0 Å². The normalized spacial score (nSPS) is 29.9. The quantitative estimate of drug-likeness (QED) is 0.318. The summed E-state index contributed by atoms with van der Waals surface area (Å²) in [4.78, 5) is 0. The number of aliphatic hydroxyl groups excluding tert-OH is 2. The van der Waals surface area contributed by atoms with Crippen LogP contribution in [0, 0.1) is 23.7 Å². The summed E-state index contributed by atoms with van der Waals surface area (Å²) in [6.45, 7) is 5.56. The van der Waals surface area contributed by atoms with Crippen molar-refractivity contribution in [3.63, 3.8) is 0 Å². The molecule has 0 heterocycles. The molecule has 6 atom stereocenters. The lowest BCUT2D eigenvalue weighted by Crippen LogP contribution is -2.18. The van der Waals surface area contributed by atoms with Crippen LogP contribution >= 0.6 is 0 Å². The molecule has 27 heavy (non-hydrogen) atoms. The van der Waals surface area contributed by atoms with E-state index < -0.39 is 0 Å². The number of nitrogens with one attached hydrogen (secondary N) is 1. The van der Waals surface area contributed by atoms with Gasteiger partial charge in [-0.15, -0.1) is 0 Å². The van der Waals surface area contributed by atoms with Gasteiger partial charge in [0.25, 0.3) is 0 Å². The molecule has 2 aliphatic rings.